The number of thiol groups is 1. The molecule has 104 valence electrons. The van der Waals surface area contributed by atoms with Crippen molar-refractivity contribution in [3.63, 3.8) is 0 Å². The molecule has 0 fully saturated rings. The van der Waals surface area contributed by atoms with Crippen molar-refractivity contribution in [2.45, 2.75) is 24.4 Å². The molecule has 0 aromatic heterocycles. The molecular formula is C13H19KN4OS. The van der Waals surface area contributed by atoms with Gasteiger partial charge in [0, 0.05) is 12.6 Å². The molecule has 0 bridgehead atoms. The van der Waals surface area contributed by atoms with Gasteiger partial charge in [0.25, 0.3) is 0 Å². The molecule has 5 nitrogen and oxygen atoms in total. The molecular weight excluding hydrogens is 299 g/mol. The molecule has 0 spiro atoms. The van der Waals surface area contributed by atoms with E-state index >= 15 is 0 Å². The van der Waals surface area contributed by atoms with E-state index in [1.807, 2.05) is 31.2 Å². The molecule has 0 amide bonds. The van der Waals surface area contributed by atoms with Crippen LogP contribution in [0.4, 0.5) is 0 Å². The van der Waals surface area contributed by atoms with Crippen molar-refractivity contribution in [1.29, 1.82) is 0 Å². The molecule has 0 saturated heterocycles. The van der Waals surface area contributed by atoms with Crippen molar-refractivity contribution in [1.82, 2.24) is 0 Å². The number of hydrogen-bond acceptors (Lipinski definition) is 6. The van der Waals surface area contributed by atoms with Crippen LogP contribution in [0.15, 0.2) is 34.3 Å². The van der Waals surface area contributed by atoms with E-state index in [0.29, 0.717) is 18.9 Å². The first kappa shape index (κ1) is 18.2. The van der Waals surface area contributed by atoms with Crippen LogP contribution in [0.3, 0.4) is 0 Å². The Morgan fingerprint density at radius 2 is 2.15 bits per heavy atom. The molecule has 0 aliphatic carbocycles. The number of aliphatic imine (C=N–C) groups is 2. The molecule has 0 radical (unpaired) electrons. The third-order valence-corrected chi connectivity index (χ3v) is 3.17. The summed E-state index contributed by atoms with van der Waals surface area (Å²) in [6.45, 7) is 2.54. The fourth-order valence-corrected chi connectivity index (χ4v) is 2.13. The van der Waals surface area contributed by atoms with Crippen molar-refractivity contribution in [2.24, 2.45) is 21.5 Å². The maximum atomic E-state index is 6.27. The molecule has 1 aliphatic rings. The molecule has 1 heterocycles. The Balaban J connectivity index is 0.00000200. The summed E-state index contributed by atoms with van der Waals surface area (Å²) in [6.07, 6.45) is 2.11. The minimum absolute atomic E-state index is 0. The summed E-state index contributed by atoms with van der Waals surface area (Å²) >= 11 is 4.13. The van der Waals surface area contributed by atoms with Gasteiger partial charge in [0.1, 0.15) is 17.1 Å². The second-order valence-electron chi connectivity index (χ2n) is 4.40. The topological polar surface area (TPSA) is 86.0 Å². The monoisotopic (exact) mass is 318 g/mol. The molecule has 2 atom stereocenters. The predicted molar refractivity (Wildman–Crippen MR) is 82.2 cm³/mol. The molecule has 7 heteroatoms. The fourth-order valence-electron chi connectivity index (χ4n) is 1.94. The largest absolute Gasteiger partial charge is 1.00 e. The van der Waals surface area contributed by atoms with Gasteiger partial charge in [-0.1, -0.05) is 18.2 Å². The molecule has 0 saturated carbocycles. The zero-order valence-corrected chi connectivity index (χ0v) is 15.8. The maximum absolute atomic E-state index is 6.27. The molecule has 4 N–H and O–H groups in total. The number of para-hydroxylation sites is 1. The van der Waals surface area contributed by atoms with E-state index < -0.39 is 11.0 Å². The number of rotatable bonds is 4. The van der Waals surface area contributed by atoms with Gasteiger partial charge in [0.15, 0.2) is 5.50 Å². The van der Waals surface area contributed by atoms with Crippen LogP contribution in [0.5, 0.6) is 5.75 Å². The van der Waals surface area contributed by atoms with Crippen molar-refractivity contribution >= 4 is 24.7 Å². The van der Waals surface area contributed by atoms with E-state index in [1.54, 1.807) is 6.21 Å². The smallest absolute Gasteiger partial charge is 1.00 e. The summed E-state index contributed by atoms with van der Waals surface area (Å²) in [5, 5.41) is 0. The third-order valence-electron chi connectivity index (χ3n) is 2.93. The average molecular weight is 318 g/mol. The van der Waals surface area contributed by atoms with Gasteiger partial charge in [0.05, 0.1) is 6.61 Å². The first-order chi connectivity index (χ1) is 9.05. The van der Waals surface area contributed by atoms with Crippen LogP contribution in [0.1, 0.15) is 13.9 Å². The Morgan fingerprint density at radius 3 is 2.80 bits per heavy atom. The number of benzene rings is 1. The average Bonchev–Trinajstić information content (AvgIpc) is 2.38. The second kappa shape index (κ2) is 7.93. The van der Waals surface area contributed by atoms with Crippen molar-refractivity contribution in [2.75, 3.05) is 6.61 Å². The first-order valence-electron chi connectivity index (χ1n) is 6.11. The zero-order valence-electron chi connectivity index (χ0n) is 12.8. The van der Waals surface area contributed by atoms with Crippen LogP contribution in [0.2, 0.25) is 0 Å². The predicted octanol–water partition coefficient (Wildman–Crippen LogP) is -1.90. The zero-order chi connectivity index (χ0) is 13.9. The maximum Gasteiger partial charge on any atom is 1.00 e. The van der Waals surface area contributed by atoms with Crippen molar-refractivity contribution in [3.8, 4) is 5.75 Å². The quantitative estimate of drug-likeness (QED) is 0.448. The number of hydrogen-bond donors (Lipinski definition) is 3. The standard InChI is InChI=1S/C13H18N4OS.K.H/c1-2-18-10-6-4-3-5-9(10)7-13(15)8-16-12(19)17-11(13)14;;/h3-6,8,12,19H,2,7,15H2,1H3,(H2,14,17);;/q;+1;-1. The summed E-state index contributed by atoms with van der Waals surface area (Å²) in [5.74, 6) is 1.15. The van der Waals surface area contributed by atoms with Gasteiger partial charge < -0.3 is 17.6 Å². The Morgan fingerprint density at radius 1 is 1.45 bits per heavy atom. The number of nitrogens with two attached hydrogens (primary N) is 2. The van der Waals surface area contributed by atoms with E-state index in [1.165, 1.54) is 0 Å². The van der Waals surface area contributed by atoms with Gasteiger partial charge in [0.2, 0.25) is 0 Å². The van der Waals surface area contributed by atoms with Crippen LogP contribution in [-0.2, 0) is 6.42 Å². The third kappa shape index (κ3) is 4.30. The summed E-state index contributed by atoms with van der Waals surface area (Å²) in [5.41, 5.74) is 11.8. The molecule has 2 unspecified atom stereocenters. The minimum Gasteiger partial charge on any atom is -1.00 e. The molecule has 2 rings (SSSR count). The van der Waals surface area contributed by atoms with E-state index in [-0.39, 0.29) is 52.8 Å². The summed E-state index contributed by atoms with van der Waals surface area (Å²) in [4.78, 5) is 8.21. The van der Waals surface area contributed by atoms with Crippen LogP contribution >= 0.6 is 12.6 Å². The van der Waals surface area contributed by atoms with Gasteiger partial charge in [-0.3, -0.25) is 4.99 Å². The fraction of sp³-hybridized carbons (Fsp3) is 0.385. The number of nitrogens with zero attached hydrogens (tertiary/aromatic N) is 2. The van der Waals surface area contributed by atoms with E-state index in [4.69, 9.17) is 16.2 Å². The van der Waals surface area contributed by atoms with Crippen LogP contribution in [-0.4, -0.2) is 29.7 Å². The summed E-state index contributed by atoms with van der Waals surface area (Å²) < 4.78 is 5.58. The molecule has 1 aromatic carbocycles. The van der Waals surface area contributed by atoms with Crippen molar-refractivity contribution in [3.05, 3.63) is 29.8 Å². The van der Waals surface area contributed by atoms with E-state index in [9.17, 15) is 0 Å². The number of ether oxygens (including phenoxy) is 1. The molecule has 20 heavy (non-hydrogen) atoms. The second-order valence-corrected chi connectivity index (χ2v) is 4.86. The Hall–Kier alpha value is 0.106. The van der Waals surface area contributed by atoms with E-state index in [2.05, 4.69) is 22.6 Å². The molecule has 1 aromatic rings. The first-order valence-corrected chi connectivity index (χ1v) is 6.62. The summed E-state index contributed by atoms with van der Waals surface area (Å²) in [6, 6.07) is 7.74. The van der Waals surface area contributed by atoms with Crippen LogP contribution < -0.4 is 67.6 Å². The minimum atomic E-state index is -0.883. The van der Waals surface area contributed by atoms with Gasteiger partial charge in [-0.15, -0.1) is 12.6 Å². The Labute approximate surface area is 168 Å². The Kier molecular flexibility index (Phi) is 7.20. The van der Waals surface area contributed by atoms with Gasteiger partial charge in [-0.25, -0.2) is 4.99 Å². The van der Waals surface area contributed by atoms with Gasteiger partial charge >= 0.3 is 51.4 Å². The van der Waals surface area contributed by atoms with E-state index in [0.717, 1.165) is 11.3 Å². The SMILES string of the molecule is CCOc1ccccc1CC1(N)C=NC(S)N=C1N.[H-].[K+]. The normalized spacial score (nSPS) is 24.8. The van der Waals surface area contributed by atoms with Crippen LogP contribution in [0, 0.1) is 0 Å². The summed E-state index contributed by atoms with van der Waals surface area (Å²) in [7, 11) is 0. The molecule has 1 aliphatic heterocycles. The Bertz CT molecular complexity index is 529. The van der Waals surface area contributed by atoms with Crippen LogP contribution in [0.25, 0.3) is 0 Å². The number of amidine groups is 1. The van der Waals surface area contributed by atoms with Crippen molar-refractivity contribution < 1.29 is 57.5 Å². The van der Waals surface area contributed by atoms with Gasteiger partial charge in [-0.05, 0) is 18.6 Å². The van der Waals surface area contributed by atoms with Gasteiger partial charge in [-0.2, -0.15) is 0 Å².